The minimum absolute atomic E-state index is 0.160. The number of nitrogens with one attached hydrogen (secondary N) is 2. The highest BCUT2D eigenvalue weighted by molar-refractivity contribution is 5.80. The minimum Gasteiger partial charge on any atom is -0.381 e. The zero-order valence-corrected chi connectivity index (χ0v) is 9.29. The monoisotopic (exact) mass is 212 g/mol. The van der Waals surface area contributed by atoms with Crippen molar-refractivity contribution in [2.75, 3.05) is 19.8 Å². The zero-order chi connectivity index (χ0) is 10.7. The van der Waals surface area contributed by atoms with Crippen molar-refractivity contribution in [2.45, 2.75) is 38.3 Å². The van der Waals surface area contributed by atoms with Crippen LogP contribution in [0.15, 0.2) is 0 Å². The third kappa shape index (κ3) is 2.69. The van der Waals surface area contributed by atoms with Crippen molar-refractivity contribution in [1.82, 2.24) is 10.6 Å². The van der Waals surface area contributed by atoms with E-state index in [0.29, 0.717) is 12.1 Å². The summed E-state index contributed by atoms with van der Waals surface area (Å²) in [6, 6.07) is 0.656. The predicted octanol–water partition coefficient (Wildman–Crippen LogP) is 0.280. The van der Waals surface area contributed by atoms with E-state index in [1.54, 1.807) is 0 Å². The standard InChI is InChI=1S/C11H20N2O2/c1-8-10(2-5-12-8)11(14)13-9-3-6-15-7-4-9/h8-10,12H,2-7H2,1H3,(H,13,14). The second-order valence-electron chi connectivity index (χ2n) is 4.53. The van der Waals surface area contributed by atoms with Gasteiger partial charge in [-0.1, -0.05) is 0 Å². The van der Waals surface area contributed by atoms with Gasteiger partial charge in [0.05, 0.1) is 5.92 Å². The Labute approximate surface area is 90.8 Å². The van der Waals surface area contributed by atoms with Crippen LogP contribution in [-0.2, 0) is 9.53 Å². The van der Waals surface area contributed by atoms with Crippen LogP contribution in [0.4, 0.5) is 0 Å². The Bertz CT molecular complexity index is 227. The van der Waals surface area contributed by atoms with Gasteiger partial charge in [-0.25, -0.2) is 0 Å². The van der Waals surface area contributed by atoms with Gasteiger partial charge in [0.1, 0.15) is 0 Å². The fourth-order valence-corrected chi connectivity index (χ4v) is 2.37. The van der Waals surface area contributed by atoms with E-state index in [2.05, 4.69) is 17.6 Å². The molecule has 2 aliphatic heterocycles. The van der Waals surface area contributed by atoms with Crippen LogP contribution in [0.25, 0.3) is 0 Å². The summed E-state index contributed by atoms with van der Waals surface area (Å²) >= 11 is 0. The number of rotatable bonds is 2. The van der Waals surface area contributed by atoms with E-state index in [1.165, 1.54) is 0 Å². The number of carbonyl (C=O) groups excluding carboxylic acids is 1. The molecule has 2 N–H and O–H groups in total. The van der Waals surface area contributed by atoms with Crippen LogP contribution in [0.1, 0.15) is 26.2 Å². The highest BCUT2D eigenvalue weighted by atomic mass is 16.5. The van der Waals surface area contributed by atoms with Gasteiger partial charge in [-0.2, -0.15) is 0 Å². The van der Waals surface area contributed by atoms with E-state index in [1.807, 2.05) is 0 Å². The molecule has 4 nitrogen and oxygen atoms in total. The largest absolute Gasteiger partial charge is 0.381 e. The second kappa shape index (κ2) is 4.94. The molecule has 0 aromatic rings. The molecule has 2 saturated heterocycles. The van der Waals surface area contributed by atoms with Gasteiger partial charge in [-0.15, -0.1) is 0 Å². The summed E-state index contributed by atoms with van der Waals surface area (Å²) in [5.41, 5.74) is 0. The number of amides is 1. The van der Waals surface area contributed by atoms with E-state index in [0.717, 1.165) is 39.0 Å². The lowest BCUT2D eigenvalue weighted by molar-refractivity contribution is -0.126. The maximum Gasteiger partial charge on any atom is 0.224 e. The molecule has 0 spiro atoms. The van der Waals surface area contributed by atoms with Crippen molar-refractivity contribution in [1.29, 1.82) is 0 Å². The molecule has 2 fully saturated rings. The van der Waals surface area contributed by atoms with E-state index < -0.39 is 0 Å². The third-order valence-electron chi connectivity index (χ3n) is 3.43. The molecule has 2 aliphatic rings. The average Bonchev–Trinajstić information content (AvgIpc) is 2.66. The van der Waals surface area contributed by atoms with Crippen molar-refractivity contribution >= 4 is 5.91 Å². The lowest BCUT2D eigenvalue weighted by Gasteiger charge is -2.25. The van der Waals surface area contributed by atoms with Gasteiger partial charge in [-0.3, -0.25) is 4.79 Å². The summed E-state index contributed by atoms with van der Waals surface area (Å²) in [6.45, 7) is 4.61. The molecule has 0 aromatic carbocycles. The smallest absolute Gasteiger partial charge is 0.224 e. The maximum absolute atomic E-state index is 11.9. The fraction of sp³-hybridized carbons (Fsp3) is 0.909. The molecular weight excluding hydrogens is 192 g/mol. The van der Waals surface area contributed by atoms with Crippen LogP contribution in [-0.4, -0.2) is 37.7 Å². The van der Waals surface area contributed by atoms with Crippen LogP contribution in [0.2, 0.25) is 0 Å². The van der Waals surface area contributed by atoms with Crippen LogP contribution in [0, 0.1) is 5.92 Å². The highest BCUT2D eigenvalue weighted by Crippen LogP contribution is 2.16. The molecule has 2 heterocycles. The summed E-state index contributed by atoms with van der Waals surface area (Å²) in [5, 5.41) is 6.43. The van der Waals surface area contributed by atoms with E-state index in [9.17, 15) is 4.79 Å². The molecular formula is C11H20N2O2. The van der Waals surface area contributed by atoms with Gasteiger partial charge in [-0.05, 0) is 32.7 Å². The molecule has 0 aromatic heterocycles. The van der Waals surface area contributed by atoms with Gasteiger partial charge in [0, 0.05) is 25.3 Å². The van der Waals surface area contributed by atoms with E-state index in [-0.39, 0.29) is 11.8 Å². The molecule has 0 aliphatic carbocycles. The number of carbonyl (C=O) groups is 1. The SMILES string of the molecule is CC1NCCC1C(=O)NC1CCOCC1. The lowest BCUT2D eigenvalue weighted by atomic mass is 10.00. The highest BCUT2D eigenvalue weighted by Gasteiger charge is 2.30. The van der Waals surface area contributed by atoms with E-state index >= 15 is 0 Å². The molecule has 2 rings (SSSR count). The second-order valence-corrected chi connectivity index (χ2v) is 4.53. The van der Waals surface area contributed by atoms with Crippen LogP contribution in [0.5, 0.6) is 0 Å². The third-order valence-corrected chi connectivity index (χ3v) is 3.43. The molecule has 0 bridgehead atoms. The van der Waals surface area contributed by atoms with Crippen LogP contribution in [0.3, 0.4) is 0 Å². The summed E-state index contributed by atoms with van der Waals surface area (Å²) < 4.78 is 5.26. The number of hydrogen-bond acceptors (Lipinski definition) is 3. The topological polar surface area (TPSA) is 50.4 Å². The van der Waals surface area contributed by atoms with Crippen molar-refractivity contribution in [2.24, 2.45) is 5.92 Å². The molecule has 15 heavy (non-hydrogen) atoms. The van der Waals surface area contributed by atoms with Crippen molar-refractivity contribution in [3.8, 4) is 0 Å². The summed E-state index contributed by atoms with van der Waals surface area (Å²) in [5.74, 6) is 0.382. The van der Waals surface area contributed by atoms with Gasteiger partial charge >= 0.3 is 0 Å². The van der Waals surface area contributed by atoms with Gasteiger partial charge in [0.2, 0.25) is 5.91 Å². The maximum atomic E-state index is 11.9. The molecule has 1 amide bonds. The van der Waals surface area contributed by atoms with Crippen molar-refractivity contribution in [3.63, 3.8) is 0 Å². The van der Waals surface area contributed by atoms with Crippen LogP contribution < -0.4 is 10.6 Å². The van der Waals surface area contributed by atoms with Crippen molar-refractivity contribution < 1.29 is 9.53 Å². The Morgan fingerprint density at radius 3 is 2.67 bits per heavy atom. The zero-order valence-electron chi connectivity index (χ0n) is 9.29. The van der Waals surface area contributed by atoms with E-state index in [4.69, 9.17) is 4.74 Å². The molecule has 2 unspecified atom stereocenters. The minimum atomic E-state index is 0.160. The first kappa shape index (κ1) is 10.9. The Kier molecular flexibility index (Phi) is 3.59. The van der Waals surface area contributed by atoms with Crippen LogP contribution >= 0.6 is 0 Å². The molecule has 2 atom stereocenters. The normalized spacial score (nSPS) is 32.9. The summed E-state index contributed by atoms with van der Waals surface area (Å²) in [4.78, 5) is 11.9. The molecule has 0 radical (unpaired) electrons. The average molecular weight is 212 g/mol. The molecule has 86 valence electrons. The molecule has 0 saturated carbocycles. The Morgan fingerprint density at radius 1 is 1.33 bits per heavy atom. The molecule has 4 heteroatoms. The number of ether oxygens (including phenoxy) is 1. The first-order valence-electron chi connectivity index (χ1n) is 5.89. The Morgan fingerprint density at radius 2 is 2.07 bits per heavy atom. The predicted molar refractivity (Wildman–Crippen MR) is 57.6 cm³/mol. The van der Waals surface area contributed by atoms with Gasteiger partial charge in [0.25, 0.3) is 0 Å². The van der Waals surface area contributed by atoms with Crippen molar-refractivity contribution in [3.05, 3.63) is 0 Å². The van der Waals surface area contributed by atoms with Gasteiger partial charge < -0.3 is 15.4 Å². The number of hydrogen-bond donors (Lipinski definition) is 2. The lowest BCUT2D eigenvalue weighted by Crippen LogP contribution is -2.44. The first-order valence-corrected chi connectivity index (χ1v) is 5.89. The quantitative estimate of drug-likeness (QED) is 0.691. The Balaban J connectivity index is 1.80. The fourth-order valence-electron chi connectivity index (χ4n) is 2.37. The van der Waals surface area contributed by atoms with Gasteiger partial charge in [0.15, 0.2) is 0 Å². The Hall–Kier alpha value is -0.610. The first-order chi connectivity index (χ1) is 7.27. The summed E-state index contributed by atoms with van der Waals surface area (Å²) in [7, 11) is 0. The summed E-state index contributed by atoms with van der Waals surface area (Å²) in [6.07, 6.45) is 2.89.